The van der Waals surface area contributed by atoms with Crippen LogP contribution in [0.1, 0.15) is 5.56 Å². The normalized spacial score (nSPS) is 11.8. The van der Waals surface area contributed by atoms with Crippen molar-refractivity contribution in [3.63, 3.8) is 0 Å². The van der Waals surface area contributed by atoms with Gasteiger partial charge in [0, 0.05) is 11.6 Å². The minimum atomic E-state index is -4.40. The van der Waals surface area contributed by atoms with Gasteiger partial charge in [0.15, 0.2) is 0 Å². The first-order valence-corrected chi connectivity index (χ1v) is 5.77. The Hall–Kier alpha value is -0.130. The Morgan fingerprint density at radius 1 is 1.33 bits per heavy atom. The summed E-state index contributed by atoms with van der Waals surface area (Å²) in [5.41, 5.74) is -0.792. The monoisotopic (exact) mass is 275 g/mol. The Bertz CT molecular complexity index is 343. The summed E-state index contributed by atoms with van der Waals surface area (Å²) < 4.78 is 37.0. The molecule has 0 aliphatic carbocycles. The van der Waals surface area contributed by atoms with Gasteiger partial charge in [-0.15, -0.1) is 23.4 Å². The number of pyridine rings is 1. The van der Waals surface area contributed by atoms with Crippen LogP contribution in [0.4, 0.5) is 13.2 Å². The summed E-state index contributed by atoms with van der Waals surface area (Å²) in [7, 11) is 0. The quantitative estimate of drug-likeness (QED) is 0.468. The molecule has 0 aliphatic heterocycles. The minimum Gasteiger partial charge on any atom is -0.230 e. The topological polar surface area (TPSA) is 12.9 Å². The van der Waals surface area contributed by atoms with Crippen LogP contribution in [0.15, 0.2) is 17.2 Å². The molecule has 84 valence electrons. The van der Waals surface area contributed by atoms with Crippen LogP contribution < -0.4 is 0 Å². The molecule has 1 rings (SSSR count). The molecule has 0 spiro atoms. The van der Waals surface area contributed by atoms with E-state index in [0.717, 1.165) is 23.9 Å². The second-order valence-corrected chi connectivity index (χ2v) is 4.43. The zero-order valence-electron chi connectivity index (χ0n) is 7.31. The van der Waals surface area contributed by atoms with E-state index in [1.165, 1.54) is 0 Å². The average Bonchev–Trinajstić information content (AvgIpc) is 2.12. The third kappa shape index (κ3) is 4.09. The van der Waals surface area contributed by atoms with Gasteiger partial charge in [-0.25, -0.2) is 4.98 Å². The predicted octanol–water partition coefficient (Wildman–Crippen LogP) is 4.08. The number of nitrogens with zero attached hydrogens (tertiary/aromatic N) is 1. The van der Waals surface area contributed by atoms with Crippen molar-refractivity contribution in [1.29, 1.82) is 0 Å². The van der Waals surface area contributed by atoms with Crippen molar-refractivity contribution in [2.45, 2.75) is 11.2 Å². The van der Waals surface area contributed by atoms with Gasteiger partial charge in [0.25, 0.3) is 0 Å². The number of alkyl halides is 4. The van der Waals surface area contributed by atoms with E-state index in [9.17, 15) is 13.2 Å². The lowest BCUT2D eigenvalue weighted by atomic mass is 10.3. The molecule has 0 amide bonds. The Balaban J connectivity index is 2.95. The van der Waals surface area contributed by atoms with E-state index in [4.69, 9.17) is 23.2 Å². The van der Waals surface area contributed by atoms with Gasteiger partial charge in [0.05, 0.1) is 10.6 Å². The molecule has 0 aromatic carbocycles. The highest BCUT2D eigenvalue weighted by molar-refractivity contribution is 7.99. The molecule has 0 N–H and O–H groups in total. The first kappa shape index (κ1) is 12.9. The average molecular weight is 276 g/mol. The summed E-state index contributed by atoms with van der Waals surface area (Å²) in [4.78, 5) is 3.75. The highest BCUT2D eigenvalue weighted by Gasteiger charge is 2.31. The Morgan fingerprint density at radius 3 is 2.53 bits per heavy atom. The predicted molar refractivity (Wildman–Crippen MR) is 55.7 cm³/mol. The largest absolute Gasteiger partial charge is 0.416 e. The number of aromatic nitrogens is 1. The molecule has 0 unspecified atom stereocenters. The van der Waals surface area contributed by atoms with Crippen molar-refractivity contribution in [2.75, 3.05) is 11.6 Å². The molecule has 0 saturated carbocycles. The van der Waals surface area contributed by atoms with E-state index >= 15 is 0 Å². The van der Waals surface area contributed by atoms with E-state index in [-0.39, 0.29) is 10.2 Å². The lowest BCUT2D eigenvalue weighted by Crippen LogP contribution is -2.05. The standard InChI is InChI=1S/C8H6Cl2F3NS/c9-1-2-15-7-4-5(8(11,12)13)3-6(10)14-7/h3-4H,1-2H2. The third-order valence-corrected chi connectivity index (χ3v) is 2.94. The molecule has 15 heavy (non-hydrogen) atoms. The fourth-order valence-electron chi connectivity index (χ4n) is 0.854. The molecule has 0 atom stereocenters. The zero-order valence-corrected chi connectivity index (χ0v) is 9.64. The van der Waals surface area contributed by atoms with Gasteiger partial charge in [-0.05, 0) is 12.1 Å². The summed E-state index contributed by atoms with van der Waals surface area (Å²) in [6.07, 6.45) is -4.40. The fraction of sp³-hybridized carbons (Fsp3) is 0.375. The number of halogens is 5. The molecule has 1 aromatic heterocycles. The van der Waals surface area contributed by atoms with E-state index in [0.29, 0.717) is 11.6 Å². The van der Waals surface area contributed by atoms with Gasteiger partial charge in [-0.1, -0.05) is 11.6 Å². The molecular formula is C8H6Cl2F3NS. The Kier molecular flexibility index (Phi) is 4.55. The molecule has 0 fully saturated rings. The Labute approximate surface area is 99.0 Å². The number of thioether (sulfide) groups is 1. The molecular weight excluding hydrogens is 270 g/mol. The van der Waals surface area contributed by atoms with Crippen LogP contribution in [-0.4, -0.2) is 16.6 Å². The maximum atomic E-state index is 12.3. The van der Waals surface area contributed by atoms with Crippen LogP contribution in [0.5, 0.6) is 0 Å². The van der Waals surface area contributed by atoms with Crippen LogP contribution in [0.3, 0.4) is 0 Å². The van der Waals surface area contributed by atoms with Crippen molar-refractivity contribution >= 4 is 35.0 Å². The molecule has 7 heteroatoms. The van der Waals surface area contributed by atoms with Crippen LogP contribution in [0.25, 0.3) is 0 Å². The van der Waals surface area contributed by atoms with Crippen molar-refractivity contribution in [3.8, 4) is 0 Å². The summed E-state index contributed by atoms with van der Waals surface area (Å²) in [5, 5.41) is 0.0670. The summed E-state index contributed by atoms with van der Waals surface area (Å²) in [5.74, 6) is 0.840. The molecule has 0 saturated heterocycles. The third-order valence-electron chi connectivity index (χ3n) is 1.43. The number of rotatable bonds is 3. The fourth-order valence-corrected chi connectivity index (χ4v) is 2.00. The van der Waals surface area contributed by atoms with E-state index in [1.807, 2.05) is 0 Å². The molecule has 0 bridgehead atoms. The summed E-state index contributed by atoms with van der Waals surface area (Å²) >= 11 is 12.0. The van der Waals surface area contributed by atoms with Gasteiger partial charge >= 0.3 is 6.18 Å². The van der Waals surface area contributed by atoms with E-state index in [1.54, 1.807) is 0 Å². The molecule has 0 aliphatic rings. The minimum absolute atomic E-state index is 0.165. The van der Waals surface area contributed by atoms with Gasteiger partial charge < -0.3 is 0 Å². The van der Waals surface area contributed by atoms with Crippen molar-refractivity contribution in [2.24, 2.45) is 0 Å². The maximum absolute atomic E-state index is 12.3. The number of hydrogen-bond acceptors (Lipinski definition) is 2. The highest BCUT2D eigenvalue weighted by Crippen LogP contribution is 2.32. The summed E-state index contributed by atoms with van der Waals surface area (Å²) in [6.45, 7) is 0. The molecule has 1 aromatic rings. The SMILES string of the molecule is FC(F)(F)c1cc(Cl)nc(SCCCl)c1. The van der Waals surface area contributed by atoms with Gasteiger partial charge in [0.1, 0.15) is 5.15 Å². The van der Waals surface area contributed by atoms with Crippen LogP contribution in [-0.2, 0) is 6.18 Å². The van der Waals surface area contributed by atoms with Crippen molar-refractivity contribution in [1.82, 2.24) is 4.98 Å². The lowest BCUT2D eigenvalue weighted by molar-refractivity contribution is -0.137. The lowest BCUT2D eigenvalue weighted by Gasteiger charge is -2.08. The zero-order chi connectivity index (χ0) is 11.5. The van der Waals surface area contributed by atoms with Crippen LogP contribution in [0.2, 0.25) is 5.15 Å². The van der Waals surface area contributed by atoms with Crippen molar-refractivity contribution < 1.29 is 13.2 Å². The molecule has 1 heterocycles. The van der Waals surface area contributed by atoms with Gasteiger partial charge in [0.2, 0.25) is 0 Å². The Morgan fingerprint density at radius 2 is 2.00 bits per heavy atom. The van der Waals surface area contributed by atoms with Gasteiger partial charge in [-0.2, -0.15) is 13.2 Å². The smallest absolute Gasteiger partial charge is 0.230 e. The second kappa shape index (κ2) is 5.27. The first-order chi connectivity index (χ1) is 6.93. The molecule has 1 nitrogen and oxygen atoms in total. The highest BCUT2D eigenvalue weighted by atomic mass is 35.5. The van der Waals surface area contributed by atoms with Crippen LogP contribution in [0, 0.1) is 0 Å². The first-order valence-electron chi connectivity index (χ1n) is 3.87. The molecule has 0 radical (unpaired) electrons. The maximum Gasteiger partial charge on any atom is 0.416 e. The number of hydrogen-bond donors (Lipinski definition) is 0. The second-order valence-electron chi connectivity index (χ2n) is 2.55. The van der Waals surface area contributed by atoms with E-state index in [2.05, 4.69) is 4.98 Å². The van der Waals surface area contributed by atoms with Gasteiger partial charge in [-0.3, -0.25) is 0 Å². The van der Waals surface area contributed by atoms with E-state index < -0.39 is 11.7 Å². The summed E-state index contributed by atoms with van der Waals surface area (Å²) in [6, 6.07) is 1.76. The van der Waals surface area contributed by atoms with Crippen LogP contribution >= 0.6 is 35.0 Å². The van der Waals surface area contributed by atoms with Crippen molar-refractivity contribution in [3.05, 3.63) is 22.8 Å².